The second kappa shape index (κ2) is 6.34. The predicted molar refractivity (Wildman–Crippen MR) is 87.4 cm³/mol. The highest BCUT2D eigenvalue weighted by Gasteiger charge is 2.22. The number of carbonyl (C=O) groups is 1. The first-order valence-electron chi connectivity index (χ1n) is 6.88. The largest absolute Gasteiger partial charge is 0.365 e. The van der Waals surface area contributed by atoms with Crippen molar-refractivity contribution in [1.82, 2.24) is 4.37 Å². The molecule has 7 heteroatoms. The molecule has 112 valence electrons. The van der Waals surface area contributed by atoms with Crippen LogP contribution in [0.15, 0.2) is 24.3 Å². The lowest BCUT2D eigenvalue weighted by Crippen LogP contribution is -2.39. The molecule has 0 atom stereocenters. The van der Waals surface area contributed by atoms with Crippen molar-refractivity contribution in [3.63, 3.8) is 0 Å². The predicted octanol–water partition coefficient (Wildman–Crippen LogP) is 3.06. The van der Waals surface area contributed by atoms with Crippen molar-refractivity contribution >= 4 is 39.7 Å². The molecule has 0 saturated carbocycles. The normalized spacial score (nSPS) is 13.4. The van der Waals surface area contributed by atoms with Gasteiger partial charge in [-0.25, -0.2) is 0 Å². The highest BCUT2D eigenvalue weighted by Crippen LogP contribution is 2.29. The summed E-state index contributed by atoms with van der Waals surface area (Å²) in [5.41, 5.74) is 2.46. The Morgan fingerprint density at radius 2 is 2.32 bits per heavy atom. The molecule has 22 heavy (non-hydrogen) atoms. The fourth-order valence-corrected chi connectivity index (χ4v) is 3.46. The lowest BCUT2D eigenvalue weighted by Gasteiger charge is -2.29. The zero-order chi connectivity index (χ0) is 15.5. The summed E-state index contributed by atoms with van der Waals surface area (Å²) in [5, 5.41) is 12.7. The number of benzene rings is 1. The van der Waals surface area contributed by atoms with E-state index in [1.165, 1.54) is 5.56 Å². The molecule has 1 aromatic carbocycles. The van der Waals surface area contributed by atoms with Crippen molar-refractivity contribution in [1.29, 1.82) is 5.26 Å². The maximum Gasteiger partial charge on any atom is 0.246 e. The number of halogens is 1. The molecule has 0 spiro atoms. The third-order valence-electron chi connectivity index (χ3n) is 3.57. The molecule has 3 rings (SSSR count). The van der Waals surface area contributed by atoms with E-state index in [9.17, 15) is 4.79 Å². The Balaban J connectivity index is 1.72. The molecule has 1 aliphatic rings. The first-order valence-corrected chi connectivity index (χ1v) is 8.03. The number of hydrogen-bond acceptors (Lipinski definition) is 5. The Morgan fingerprint density at radius 3 is 3.14 bits per heavy atom. The van der Waals surface area contributed by atoms with Crippen LogP contribution in [0, 0.1) is 11.3 Å². The number of aromatic nitrogens is 1. The standard InChI is InChI=1S/C15H13ClN4OS/c16-14-11(8-17)15(22-19-14)18-9-13(21)20-7-3-5-10-4-1-2-6-12(10)20/h1-2,4,6,18H,3,5,7,9H2. The van der Waals surface area contributed by atoms with Crippen molar-refractivity contribution in [2.45, 2.75) is 12.8 Å². The van der Waals surface area contributed by atoms with Gasteiger partial charge in [-0.05, 0) is 36.0 Å². The van der Waals surface area contributed by atoms with Gasteiger partial charge in [0, 0.05) is 12.2 Å². The smallest absolute Gasteiger partial charge is 0.246 e. The number of nitriles is 1. The molecule has 1 aliphatic heterocycles. The summed E-state index contributed by atoms with van der Waals surface area (Å²) in [6, 6.07) is 9.94. The molecule has 0 unspecified atom stereocenters. The molecule has 0 aliphatic carbocycles. The van der Waals surface area contributed by atoms with E-state index in [1.54, 1.807) is 4.90 Å². The molecule has 1 N–H and O–H groups in total. The lowest BCUT2D eigenvalue weighted by atomic mass is 10.0. The number of anilines is 2. The first-order chi connectivity index (χ1) is 10.7. The van der Waals surface area contributed by atoms with Crippen LogP contribution < -0.4 is 10.2 Å². The minimum Gasteiger partial charge on any atom is -0.365 e. The molecule has 0 radical (unpaired) electrons. The second-order valence-corrected chi connectivity index (χ2v) is 6.05. The van der Waals surface area contributed by atoms with Gasteiger partial charge < -0.3 is 10.2 Å². The number of aryl methyl sites for hydroxylation is 1. The molecule has 0 fully saturated rings. The average Bonchev–Trinajstić information content (AvgIpc) is 2.92. The Kier molecular flexibility index (Phi) is 4.27. The van der Waals surface area contributed by atoms with Crippen molar-refractivity contribution < 1.29 is 4.79 Å². The quantitative estimate of drug-likeness (QED) is 0.937. The lowest BCUT2D eigenvalue weighted by molar-refractivity contribution is -0.117. The average molecular weight is 333 g/mol. The summed E-state index contributed by atoms with van der Waals surface area (Å²) >= 11 is 6.91. The first kappa shape index (κ1) is 14.8. The van der Waals surface area contributed by atoms with Crippen LogP contribution in [0.3, 0.4) is 0 Å². The van der Waals surface area contributed by atoms with Crippen LogP contribution in [-0.2, 0) is 11.2 Å². The maximum absolute atomic E-state index is 12.5. The van der Waals surface area contributed by atoms with Gasteiger partial charge in [0.25, 0.3) is 0 Å². The van der Waals surface area contributed by atoms with E-state index in [2.05, 4.69) is 15.8 Å². The van der Waals surface area contributed by atoms with E-state index in [0.29, 0.717) is 17.1 Å². The number of amides is 1. The topological polar surface area (TPSA) is 69.0 Å². The molecule has 0 bridgehead atoms. The molecule has 1 aromatic heterocycles. The number of nitrogens with one attached hydrogen (secondary N) is 1. The number of rotatable bonds is 3. The molecular formula is C15H13ClN4OS. The highest BCUT2D eigenvalue weighted by atomic mass is 35.5. The van der Waals surface area contributed by atoms with Gasteiger partial charge in [0.15, 0.2) is 5.15 Å². The third-order valence-corrected chi connectivity index (χ3v) is 4.75. The number of para-hydroxylation sites is 1. The van der Waals surface area contributed by atoms with Gasteiger partial charge in [0.2, 0.25) is 5.91 Å². The number of nitrogens with zero attached hydrogens (tertiary/aromatic N) is 3. The number of fused-ring (bicyclic) bond motifs is 1. The van der Waals surface area contributed by atoms with Crippen molar-refractivity contribution in [2.24, 2.45) is 0 Å². The molecule has 5 nitrogen and oxygen atoms in total. The number of hydrogen-bond donors (Lipinski definition) is 1. The van der Waals surface area contributed by atoms with Crippen molar-refractivity contribution in [2.75, 3.05) is 23.3 Å². The Labute approximate surface area is 137 Å². The van der Waals surface area contributed by atoms with Crippen LogP contribution in [0.25, 0.3) is 0 Å². The molecular weight excluding hydrogens is 320 g/mol. The summed E-state index contributed by atoms with van der Waals surface area (Å²) in [6.45, 7) is 0.827. The van der Waals surface area contributed by atoms with Gasteiger partial charge in [-0.1, -0.05) is 29.8 Å². The summed E-state index contributed by atoms with van der Waals surface area (Å²) in [4.78, 5) is 14.3. The third kappa shape index (κ3) is 2.78. The maximum atomic E-state index is 12.5. The Hall–Kier alpha value is -2.10. The van der Waals surface area contributed by atoms with E-state index in [0.717, 1.165) is 30.1 Å². The van der Waals surface area contributed by atoms with Crippen molar-refractivity contribution in [3.05, 3.63) is 40.5 Å². The Morgan fingerprint density at radius 1 is 1.50 bits per heavy atom. The molecule has 2 aromatic rings. The van der Waals surface area contributed by atoms with Crippen LogP contribution in [0.5, 0.6) is 0 Å². The highest BCUT2D eigenvalue weighted by molar-refractivity contribution is 7.10. The zero-order valence-electron chi connectivity index (χ0n) is 11.7. The zero-order valence-corrected chi connectivity index (χ0v) is 13.2. The fourth-order valence-electron chi connectivity index (χ4n) is 2.53. The SMILES string of the molecule is N#Cc1c(Cl)nsc1NCC(=O)N1CCCc2ccccc21. The summed E-state index contributed by atoms with van der Waals surface area (Å²) in [6.07, 6.45) is 1.95. The van der Waals surface area contributed by atoms with Crippen LogP contribution in [0.4, 0.5) is 10.7 Å². The van der Waals surface area contributed by atoms with Crippen LogP contribution >= 0.6 is 23.1 Å². The minimum absolute atomic E-state index is 0.0273. The van der Waals surface area contributed by atoms with Gasteiger partial charge >= 0.3 is 0 Å². The van der Waals surface area contributed by atoms with Gasteiger partial charge in [-0.3, -0.25) is 4.79 Å². The molecule has 0 saturated heterocycles. The Bertz CT molecular complexity index is 752. The summed E-state index contributed by atoms with van der Waals surface area (Å²) in [5.74, 6) is -0.0273. The van der Waals surface area contributed by atoms with Gasteiger partial charge in [0.05, 0.1) is 6.54 Å². The van der Waals surface area contributed by atoms with E-state index in [4.69, 9.17) is 16.9 Å². The second-order valence-electron chi connectivity index (χ2n) is 4.92. The van der Waals surface area contributed by atoms with E-state index in [1.807, 2.05) is 24.3 Å². The van der Waals surface area contributed by atoms with E-state index >= 15 is 0 Å². The molecule has 2 heterocycles. The van der Waals surface area contributed by atoms with Crippen LogP contribution in [0.2, 0.25) is 5.15 Å². The van der Waals surface area contributed by atoms with Gasteiger partial charge in [-0.2, -0.15) is 9.64 Å². The minimum atomic E-state index is -0.0273. The van der Waals surface area contributed by atoms with Crippen LogP contribution in [0.1, 0.15) is 17.5 Å². The summed E-state index contributed by atoms with van der Waals surface area (Å²) < 4.78 is 3.91. The van der Waals surface area contributed by atoms with E-state index in [-0.39, 0.29) is 17.6 Å². The van der Waals surface area contributed by atoms with Crippen molar-refractivity contribution in [3.8, 4) is 6.07 Å². The fraction of sp³-hybridized carbons (Fsp3) is 0.267. The summed E-state index contributed by atoms with van der Waals surface area (Å²) in [7, 11) is 0. The monoisotopic (exact) mass is 332 g/mol. The van der Waals surface area contributed by atoms with Gasteiger partial charge in [-0.15, -0.1) is 0 Å². The van der Waals surface area contributed by atoms with Crippen LogP contribution in [-0.4, -0.2) is 23.4 Å². The number of carbonyl (C=O) groups excluding carboxylic acids is 1. The molecule has 1 amide bonds. The van der Waals surface area contributed by atoms with E-state index < -0.39 is 0 Å². The van der Waals surface area contributed by atoms with Gasteiger partial charge in [0.1, 0.15) is 16.6 Å².